The summed E-state index contributed by atoms with van der Waals surface area (Å²) in [6.07, 6.45) is 0.436. The Morgan fingerprint density at radius 2 is 1.85 bits per heavy atom. The van der Waals surface area contributed by atoms with E-state index in [0.29, 0.717) is 11.7 Å². The summed E-state index contributed by atoms with van der Waals surface area (Å²) in [6, 6.07) is 7.01. The van der Waals surface area contributed by atoms with Crippen LogP contribution in [0.1, 0.15) is 36.7 Å². The van der Waals surface area contributed by atoms with E-state index in [2.05, 4.69) is 0 Å². The molecule has 0 fully saturated rings. The van der Waals surface area contributed by atoms with Gasteiger partial charge in [0.2, 0.25) is 7.06 Å². The van der Waals surface area contributed by atoms with Gasteiger partial charge in [-0.1, -0.05) is 26.0 Å². The second kappa shape index (κ2) is 7.36. The third-order valence-corrected chi connectivity index (χ3v) is 6.39. The van der Waals surface area contributed by atoms with Gasteiger partial charge in [-0.3, -0.25) is 4.57 Å². The predicted octanol–water partition coefficient (Wildman–Crippen LogP) is 3.88. The van der Waals surface area contributed by atoms with E-state index in [1.807, 2.05) is 20.8 Å². The topological polar surface area (TPSA) is 63.6 Å². The smallest absolute Gasteiger partial charge is 0.338 e. The minimum Gasteiger partial charge on any atom is -0.459 e. The monoisotopic (exact) mass is 316 g/mol. The van der Waals surface area contributed by atoms with E-state index in [1.165, 1.54) is 6.66 Å². The number of hydrogen-bond acceptors (Lipinski definition) is 3. The molecule has 3 atom stereocenters. The zero-order chi connectivity index (χ0) is 15.3. The molecule has 0 heterocycles. The Balaban J connectivity index is 2.62. The van der Waals surface area contributed by atoms with Crippen LogP contribution in [0.5, 0.6) is 0 Å². The molecule has 0 aliphatic carbocycles. The highest BCUT2D eigenvalue weighted by atomic mass is 32.1. The first-order valence-electron chi connectivity index (χ1n) is 6.54. The van der Waals surface area contributed by atoms with Crippen LogP contribution in [0.25, 0.3) is 0 Å². The molecule has 0 amide bonds. The lowest BCUT2D eigenvalue weighted by molar-refractivity contribution is 0.0238. The van der Waals surface area contributed by atoms with Crippen molar-refractivity contribution < 1.29 is 19.0 Å². The van der Waals surface area contributed by atoms with Crippen molar-refractivity contribution >= 4 is 21.3 Å². The van der Waals surface area contributed by atoms with E-state index in [-0.39, 0.29) is 26.3 Å². The lowest BCUT2D eigenvalue weighted by Crippen LogP contribution is -2.20. The molecule has 1 rings (SSSR count). The summed E-state index contributed by atoms with van der Waals surface area (Å²) < 4.78 is 16.6. The van der Waals surface area contributed by atoms with Crippen LogP contribution >= 0.6 is 15.3 Å². The first kappa shape index (κ1) is 17.4. The van der Waals surface area contributed by atoms with Gasteiger partial charge in [0.05, 0.1) is 5.56 Å². The van der Waals surface area contributed by atoms with Crippen molar-refractivity contribution in [3.63, 3.8) is 0 Å². The summed E-state index contributed by atoms with van der Waals surface area (Å²) in [6.45, 7) is 7.24. The summed E-state index contributed by atoms with van der Waals surface area (Å²) in [5.74, 6) is -0.0498. The molecule has 0 saturated carbocycles. The van der Waals surface area contributed by atoms with Gasteiger partial charge in [0, 0.05) is 6.66 Å². The van der Waals surface area contributed by atoms with E-state index < -0.39 is 7.06 Å². The highest BCUT2D eigenvalue weighted by Crippen LogP contribution is 2.58. The third kappa shape index (κ3) is 6.17. The second-order valence-electron chi connectivity index (χ2n) is 5.27. The molecule has 0 saturated heterocycles. The molecule has 0 bridgehead atoms. The van der Waals surface area contributed by atoms with Gasteiger partial charge >= 0.3 is 5.97 Å². The highest BCUT2D eigenvalue weighted by molar-refractivity contribution is 8.21. The predicted molar refractivity (Wildman–Crippen MR) is 83.9 cm³/mol. The number of benzene rings is 1. The summed E-state index contributed by atoms with van der Waals surface area (Å²) in [5.41, 5.74) is 1.46. The Morgan fingerprint density at radius 1 is 1.30 bits per heavy atom. The Bertz CT molecular complexity index is 490. The first-order chi connectivity index (χ1) is 9.19. The zero-order valence-electron chi connectivity index (χ0n) is 12.3. The molecule has 0 aliphatic rings. The lowest BCUT2D eigenvalue weighted by Gasteiger charge is -2.16. The van der Waals surface area contributed by atoms with Crippen LogP contribution in [0.15, 0.2) is 24.3 Å². The Labute approximate surface area is 122 Å². The fraction of sp³-hybridized carbons (Fsp3) is 0.500. The molecule has 4 nitrogen and oxygen atoms in total. The number of ether oxygens (including phenoxy) is 1. The summed E-state index contributed by atoms with van der Waals surface area (Å²) in [7, 11) is -2.96. The van der Waals surface area contributed by atoms with Crippen LogP contribution in [0.2, 0.25) is 0 Å². The van der Waals surface area contributed by atoms with Crippen molar-refractivity contribution in [2.45, 2.75) is 33.0 Å². The number of rotatable bonds is 6. The summed E-state index contributed by atoms with van der Waals surface area (Å²) >= 11 is 0. The van der Waals surface area contributed by atoms with E-state index in [9.17, 15) is 14.3 Å². The van der Waals surface area contributed by atoms with E-state index in [0.717, 1.165) is 5.56 Å². The Hall–Kier alpha value is -0.690. The number of carbonyl (C=O) groups is 1. The van der Waals surface area contributed by atoms with Crippen molar-refractivity contribution in [2.75, 3.05) is 6.66 Å². The molecule has 0 radical (unpaired) electrons. The fourth-order valence-corrected chi connectivity index (χ4v) is 3.51. The number of carbonyl (C=O) groups excluding carboxylic acids is 1. The molecule has 6 heteroatoms. The van der Waals surface area contributed by atoms with E-state index >= 15 is 0 Å². The SMILES string of the molecule is CC(C)C(C)OC(=O)c1ccc(CPP(C)(=O)O)cc1. The van der Waals surface area contributed by atoms with Crippen molar-refractivity contribution in [2.24, 2.45) is 5.92 Å². The second-order valence-corrected chi connectivity index (χ2v) is 11.1. The maximum Gasteiger partial charge on any atom is 0.338 e. The van der Waals surface area contributed by atoms with Crippen molar-refractivity contribution in [3.8, 4) is 0 Å². The Kier molecular flexibility index (Phi) is 6.39. The lowest BCUT2D eigenvalue weighted by atomic mass is 10.1. The van der Waals surface area contributed by atoms with Gasteiger partial charge in [-0.15, -0.1) is 0 Å². The van der Waals surface area contributed by atoms with Gasteiger partial charge < -0.3 is 9.63 Å². The molecule has 1 aromatic rings. The minimum absolute atomic E-state index is 0.00192. The molecule has 20 heavy (non-hydrogen) atoms. The van der Waals surface area contributed by atoms with Crippen LogP contribution < -0.4 is 0 Å². The van der Waals surface area contributed by atoms with Crippen LogP contribution in [0.3, 0.4) is 0 Å². The standard InChI is InChI=1S/C14H22O4P2/c1-10(2)11(3)18-14(15)13-7-5-12(6-8-13)9-19-20(4,16)17/h5-8,10-11,19H,9H2,1-4H3,(H,16,17). The maximum absolute atomic E-state index is 11.9. The van der Waals surface area contributed by atoms with Crippen LogP contribution in [-0.2, 0) is 15.5 Å². The molecule has 0 aliphatic heterocycles. The van der Waals surface area contributed by atoms with E-state index in [1.54, 1.807) is 24.3 Å². The molecular formula is C14H22O4P2. The number of esters is 1. The quantitative estimate of drug-likeness (QED) is 0.639. The summed E-state index contributed by atoms with van der Waals surface area (Å²) in [4.78, 5) is 21.1. The van der Waals surface area contributed by atoms with Crippen LogP contribution in [0.4, 0.5) is 0 Å². The fourth-order valence-electron chi connectivity index (χ4n) is 1.37. The van der Waals surface area contributed by atoms with Gasteiger partial charge in [0.15, 0.2) is 0 Å². The van der Waals surface area contributed by atoms with Gasteiger partial charge in [-0.25, -0.2) is 4.79 Å². The molecule has 1 N–H and O–H groups in total. The maximum atomic E-state index is 11.9. The van der Waals surface area contributed by atoms with Gasteiger partial charge in [-0.05, 0) is 45.0 Å². The Morgan fingerprint density at radius 3 is 2.30 bits per heavy atom. The highest BCUT2D eigenvalue weighted by Gasteiger charge is 2.15. The van der Waals surface area contributed by atoms with Crippen molar-refractivity contribution in [3.05, 3.63) is 35.4 Å². The third-order valence-electron chi connectivity index (χ3n) is 3.00. The molecule has 0 spiro atoms. The number of hydrogen-bond donors (Lipinski definition) is 1. The normalized spacial score (nSPS) is 16.3. The molecule has 0 aromatic heterocycles. The average molecular weight is 316 g/mol. The molecule has 1 aromatic carbocycles. The molecule has 3 unspecified atom stereocenters. The van der Waals surface area contributed by atoms with Crippen molar-refractivity contribution in [1.29, 1.82) is 0 Å². The summed E-state index contributed by atoms with van der Waals surface area (Å²) in [5, 5.41) is 0. The zero-order valence-corrected chi connectivity index (χ0v) is 14.2. The molecule has 112 valence electrons. The van der Waals surface area contributed by atoms with Crippen LogP contribution in [0, 0.1) is 5.92 Å². The van der Waals surface area contributed by atoms with Crippen molar-refractivity contribution in [1.82, 2.24) is 0 Å². The van der Waals surface area contributed by atoms with Gasteiger partial charge in [0.1, 0.15) is 6.10 Å². The first-order valence-corrected chi connectivity index (χ1v) is 10.7. The van der Waals surface area contributed by atoms with Gasteiger partial charge in [-0.2, -0.15) is 0 Å². The van der Waals surface area contributed by atoms with Crippen LogP contribution in [-0.4, -0.2) is 23.6 Å². The largest absolute Gasteiger partial charge is 0.459 e. The van der Waals surface area contributed by atoms with Gasteiger partial charge in [0.25, 0.3) is 0 Å². The molecular weight excluding hydrogens is 294 g/mol. The average Bonchev–Trinajstić information content (AvgIpc) is 2.35. The minimum atomic E-state index is -2.96. The van der Waals surface area contributed by atoms with E-state index in [4.69, 9.17) is 4.74 Å².